The van der Waals surface area contributed by atoms with Crippen molar-refractivity contribution in [1.29, 1.82) is 5.26 Å². The third-order valence-electron chi connectivity index (χ3n) is 3.98. The molecule has 2 aromatic rings. The second-order valence-corrected chi connectivity index (χ2v) is 6.68. The van der Waals surface area contributed by atoms with Crippen molar-refractivity contribution in [3.8, 4) is 17.6 Å². The highest BCUT2D eigenvalue weighted by atomic mass is 32.1. The molecule has 4 nitrogen and oxygen atoms in total. The van der Waals surface area contributed by atoms with Crippen LogP contribution in [0.25, 0.3) is 6.08 Å². The Balaban J connectivity index is 2.03. The minimum absolute atomic E-state index is 0.0878. The van der Waals surface area contributed by atoms with Crippen LogP contribution >= 0.6 is 11.3 Å². The van der Waals surface area contributed by atoms with Gasteiger partial charge in [-0.2, -0.15) is 5.26 Å². The number of allylic oxidation sites excluding steroid dienone is 1. The molecule has 0 fully saturated rings. The molecule has 0 bridgehead atoms. The Kier molecular flexibility index (Phi) is 4.41. The third-order valence-corrected chi connectivity index (χ3v) is 5.00. The van der Waals surface area contributed by atoms with Crippen LogP contribution in [0.4, 0.5) is 0 Å². The van der Waals surface area contributed by atoms with Crippen molar-refractivity contribution < 1.29 is 14.3 Å². The van der Waals surface area contributed by atoms with Gasteiger partial charge < -0.3 is 9.47 Å². The van der Waals surface area contributed by atoms with Crippen LogP contribution in [0.1, 0.15) is 33.3 Å². The number of ether oxygens (including phenoxy) is 2. The first-order valence-electron chi connectivity index (χ1n) is 7.61. The number of aryl methyl sites for hydroxylation is 1. The standard InChI is InChI=1S/C19H17NO3S/c1-11-4-5-24-19(11)18(21)15(10-20)7-14-9-17-13(6-12(2)23-17)8-16(14)22-3/h4-5,7-9,12H,6H2,1-3H3/b15-7+/t12-/m0/s1. The molecule has 0 aliphatic carbocycles. The lowest BCUT2D eigenvalue weighted by molar-refractivity contribution is 0.104. The molecule has 0 saturated carbocycles. The number of thiophene rings is 1. The van der Waals surface area contributed by atoms with Gasteiger partial charge in [0.2, 0.25) is 5.78 Å². The Bertz CT molecular complexity index is 873. The average Bonchev–Trinajstić information content (AvgIpc) is 3.15. The van der Waals surface area contributed by atoms with Gasteiger partial charge in [0.25, 0.3) is 0 Å². The predicted molar refractivity (Wildman–Crippen MR) is 93.8 cm³/mol. The van der Waals surface area contributed by atoms with Crippen molar-refractivity contribution in [2.45, 2.75) is 26.4 Å². The number of carbonyl (C=O) groups is 1. The molecule has 3 rings (SSSR count). The van der Waals surface area contributed by atoms with Gasteiger partial charge in [0.1, 0.15) is 29.2 Å². The highest BCUT2D eigenvalue weighted by Crippen LogP contribution is 2.36. The van der Waals surface area contributed by atoms with E-state index in [-0.39, 0.29) is 17.5 Å². The van der Waals surface area contributed by atoms with Crippen molar-refractivity contribution in [3.63, 3.8) is 0 Å². The Morgan fingerprint density at radius 1 is 1.50 bits per heavy atom. The minimum Gasteiger partial charge on any atom is -0.496 e. The van der Waals surface area contributed by atoms with Crippen LogP contribution in [0, 0.1) is 18.3 Å². The molecule has 24 heavy (non-hydrogen) atoms. The van der Waals surface area contributed by atoms with Crippen LogP contribution in [-0.4, -0.2) is 19.0 Å². The highest BCUT2D eigenvalue weighted by Gasteiger charge is 2.22. The summed E-state index contributed by atoms with van der Waals surface area (Å²) in [4.78, 5) is 13.2. The number of methoxy groups -OCH3 is 1. The molecule has 1 aliphatic rings. The summed E-state index contributed by atoms with van der Waals surface area (Å²) in [5, 5.41) is 11.3. The fraction of sp³-hybridized carbons (Fsp3) is 0.263. The number of Topliss-reactive ketones (excluding diaryl/α,β-unsaturated/α-hetero) is 1. The number of rotatable bonds is 4. The van der Waals surface area contributed by atoms with E-state index >= 15 is 0 Å². The molecule has 5 heteroatoms. The summed E-state index contributed by atoms with van der Waals surface area (Å²) in [7, 11) is 1.58. The van der Waals surface area contributed by atoms with Gasteiger partial charge in [-0.05, 0) is 49.1 Å². The van der Waals surface area contributed by atoms with E-state index in [1.54, 1.807) is 13.2 Å². The van der Waals surface area contributed by atoms with Gasteiger partial charge in [0.05, 0.1) is 12.0 Å². The van der Waals surface area contributed by atoms with E-state index in [2.05, 4.69) is 0 Å². The van der Waals surface area contributed by atoms with E-state index in [0.717, 1.165) is 23.3 Å². The van der Waals surface area contributed by atoms with Crippen molar-refractivity contribution in [1.82, 2.24) is 0 Å². The molecule has 0 spiro atoms. The first-order chi connectivity index (χ1) is 11.5. The number of carbonyl (C=O) groups excluding carboxylic acids is 1. The SMILES string of the molecule is COc1cc2c(cc1/C=C(\C#N)C(=O)c1sccc1C)O[C@@H](C)C2. The lowest BCUT2D eigenvalue weighted by Gasteiger charge is -2.09. The van der Waals surface area contributed by atoms with Crippen molar-refractivity contribution in [3.05, 3.63) is 50.7 Å². The Hall–Kier alpha value is -2.58. The summed E-state index contributed by atoms with van der Waals surface area (Å²) in [6.45, 7) is 3.87. The summed E-state index contributed by atoms with van der Waals surface area (Å²) in [6, 6.07) is 7.64. The molecule has 1 aliphatic heterocycles. The number of fused-ring (bicyclic) bond motifs is 1. The molecule has 0 amide bonds. The molecule has 0 radical (unpaired) electrons. The largest absolute Gasteiger partial charge is 0.496 e. The number of ketones is 1. The molecule has 1 aromatic carbocycles. The molecular weight excluding hydrogens is 322 g/mol. The summed E-state index contributed by atoms with van der Waals surface area (Å²) < 4.78 is 11.2. The van der Waals surface area contributed by atoms with Crippen molar-refractivity contribution in [2.24, 2.45) is 0 Å². The Labute approximate surface area is 144 Å². The number of nitriles is 1. The summed E-state index contributed by atoms with van der Waals surface area (Å²) in [5.41, 5.74) is 2.72. The topological polar surface area (TPSA) is 59.3 Å². The maximum atomic E-state index is 12.6. The van der Waals surface area contributed by atoms with Crippen LogP contribution < -0.4 is 9.47 Å². The lowest BCUT2D eigenvalue weighted by Crippen LogP contribution is -2.05. The van der Waals surface area contributed by atoms with Crippen LogP contribution in [0.5, 0.6) is 11.5 Å². The van der Waals surface area contributed by atoms with Gasteiger partial charge in [-0.25, -0.2) is 0 Å². The van der Waals surface area contributed by atoms with Gasteiger partial charge in [0.15, 0.2) is 0 Å². The van der Waals surface area contributed by atoms with Crippen LogP contribution in [-0.2, 0) is 6.42 Å². The van der Waals surface area contributed by atoms with Gasteiger partial charge in [-0.3, -0.25) is 4.79 Å². The number of nitrogens with zero attached hydrogens (tertiary/aromatic N) is 1. The average molecular weight is 339 g/mol. The summed E-state index contributed by atoms with van der Waals surface area (Å²) in [5.74, 6) is 1.16. The van der Waals surface area contributed by atoms with E-state index in [1.807, 2.05) is 43.5 Å². The number of hydrogen-bond donors (Lipinski definition) is 0. The zero-order valence-electron chi connectivity index (χ0n) is 13.8. The molecular formula is C19H17NO3S. The Morgan fingerprint density at radius 2 is 2.29 bits per heavy atom. The maximum Gasteiger partial charge on any atom is 0.213 e. The number of benzene rings is 1. The van der Waals surface area contributed by atoms with Gasteiger partial charge in [0, 0.05) is 17.5 Å². The van der Waals surface area contributed by atoms with Crippen LogP contribution in [0.3, 0.4) is 0 Å². The molecule has 0 unspecified atom stereocenters. The van der Waals surface area contributed by atoms with Crippen LogP contribution in [0.2, 0.25) is 0 Å². The molecule has 2 heterocycles. The van der Waals surface area contributed by atoms with Crippen LogP contribution in [0.15, 0.2) is 29.2 Å². The quantitative estimate of drug-likeness (QED) is 0.476. The lowest BCUT2D eigenvalue weighted by atomic mass is 10.0. The van der Waals surface area contributed by atoms with E-state index in [9.17, 15) is 10.1 Å². The normalized spacial score (nSPS) is 16.2. The zero-order chi connectivity index (χ0) is 17.3. The number of hydrogen-bond acceptors (Lipinski definition) is 5. The Morgan fingerprint density at radius 3 is 2.92 bits per heavy atom. The minimum atomic E-state index is -0.262. The van der Waals surface area contributed by atoms with E-state index in [1.165, 1.54) is 11.3 Å². The molecule has 1 aromatic heterocycles. The van der Waals surface area contributed by atoms with Crippen molar-refractivity contribution >= 4 is 23.2 Å². The fourth-order valence-corrected chi connectivity index (χ4v) is 3.66. The van der Waals surface area contributed by atoms with Gasteiger partial charge in [-0.1, -0.05) is 0 Å². The van der Waals surface area contributed by atoms with E-state index in [4.69, 9.17) is 9.47 Å². The van der Waals surface area contributed by atoms with Gasteiger partial charge in [-0.15, -0.1) is 11.3 Å². The first kappa shape index (κ1) is 16.3. The molecule has 0 N–H and O–H groups in total. The summed E-state index contributed by atoms with van der Waals surface area (Å²) >= 11 is 1.34. The smallest absolute Gasteiger partial charge is 0.213 e. The summed E-state index contributed by atoms with van der Waals surface area (Å²) in [6.07, 6.45) is 2.52. The second kappa shape index (κ2) is 6.50. The zero-order valence-corrected chi connectivity index (χ0v) is 14.6. The van der Waals surface area contributed by atoms with Gasteiger partial charge >= 0.3 is 0 Å². The monoisotopic (exact) mass is 339 g/mol. The predicted octanol–water partition coefficient (Wildman–Crippen LogP) is 4.18. The second-order valence-electron chi connectivity index (χ2n) is 5.77. The molecule has 0 saturated heterocycles. The molecule has 122 valence electrons. The fourth-order valence-electron chi connectivity index (χ4n) is 2.78. The highest BCUT2D eigenvalue weighted by molar-refractivity contribution is 7.12. The third kappa shape index (κ3) is 2.93. The van der Waals surface area contributed by atoms with E-state index in [0.29, 0.717) is 16.2 Å². The van der Waals surface area contributed by atoms with Crippen molar-refractivity contribution in [2.75, 3.05) is 7.11 Å². The first-order valence-corrected chi connectivity index (χ1v) is 8.49. The molecule has 1 atom stereocenters. The van der Waals surface area contributed by atoms with E-state index < -0.39 is 0 Å². The maximum absolute atomic E-state index is 12.6.